The highest BCUT2D eigenvalue weighted by molar-refractivity contribution is 5.98. The van der Waals surface area contributed by atoms with Crippen LogP contribution in [0.3, 0.4) is 0 Å². The molecule has 3 atom stereocenters. The summed E-state index contributed by atoms with van der Waals surface area (Å²) in [6, 6.07) is 3.74. The molecule has 0 bridgehead atoms. The van der Waals surface area contributed by atoms with Gasteiger partial charge in [-0.05, 0) is 69.1 Å². The SMILES string of the molecule is C#C[C@]1(COC(=O)CC(C)(C)c2c(C)cc(C)cc2OC(C)=O)O[C@@H](n2cnc3c(NC(=O)C4CC5(CCCCC5)C4)nc(C)nc32)C[C@@H]1O. The van der Waals surface area contributed by atoms with Crippen molar-refractivity contribution in [1.29, 1.82) is 0 Å². The lowest BCUT2D eigenvalue weighted by Crippen LogP contribution is -2.44. The van der Waals surface area contributed by atoms with Gasteiger partial charge < -0.3 is 24.6 Å². The molecule has 6 rings (SSSR count). The number of amides is 1. The summed E-state index contributed by atoms with van der Waals surface area (Å²) < 4.78 is 19.1. The van der Waals surface area contributed by atoms with E-state index in [-0.39, 0.29) is 31.3 Å². The fraction of sp³-hybridized carbons (Fsp3) is 0.579. The number of benzene rings is 1. The predicted octanol–water partition coefficient (Wildman–Crippen LogP) is 5.54. The van der Waals surface area contributed by atoms with E-state index in [1.165, 1.54) is 45.4 Å². The Morgan fingerprint density at radius 1 is 1.14 bits per heavy atom. The first-order chi connectivity index (χ1) is 23.6. The minimum absolute atomic E-state index is 0.0461. The fourth-order valence-electron chi connectivity index (χ4n) is 8.37. The lowest BCUT2D eigenvalue weighted by atomic mass is 9.55. The van der Waals surface area contributed by atoms with Crippen LogP contribution in [0, 0.1) is 44.4 Å². The molecular weight excluding hydrogens is 638 g/mol. The molecule has 1 saturated heterocycles. The summed E-state index contributed by atoms with van der Waals surface area (Å²) in [5.41, 5.74) is 1.28. The third-order valence-corrected chi connectivity index (χ3v) is 10.7. The second kappa shape index (κ2) is 13.4. The molecule has 2 aromatic heterocycles. The van der Waals surface area contributed by atoms with Crippen molar-refractivity contribution in [3.05, 3.63) is 41.0 Å². The van der Waals surface area contributed by atoms with Gasteiger partial charge in [-0.2, -0.15) is 0 Å². The van der Waals surface area contributed by atoms with Crippen LogP contribution in [0.2, 0.25) is 0 Å². The molecule has 3 heterocycles. The maximum absolute atomic E-state index is 13.3. The van der Waals surface area contributed by atoms with Gasteiger partial charge in [0.05, 0.1) is 12.7 Å². The number of terminal acetylenes is 1. The van der Waals surface area contributed by atoms with Crippen molar-refractivity contribution in [3.63, 3.8) is 0 Å². The largest absolute Gasteiger partial charge is 0.461 e. The molecule has 1 amide bonds. The van der Waals surface area contributed by atoms with Gasteiger partial charge in [-0.15, -0.1) is 6.42 Å². The van der Waals surface area contributed by atoms with Crippen molar-refractivity contribution in [2.45, 2.75) is 123 Å². The minimum atomic E-state index is -1.62. The Morgan fingerprint density at radius 2 is 1.86 bits per heavy atom. The Kier molecular flexibility index (Phi) is 9.52. The van der Waals surface area contributed by atoms with Crippen LogP contribution in [0.25, 0.3) is 11.2 Å². The highest BCUT2D eigenvalue weighted by atomic mass is 16.6. The van der Waals surface area contributed by atoms with E-state index < -0.39 is 35.3 Å². The van der Waals surface area contributed by atoms with E-state index in [0.717, 1.165) is 29.5 Å². The van der Waals surface area contributed by atoms with Gasteiger partial charge in [-0.3, -0.25) is 19.0 Å². The number of ether oxygens (including phenoxy) is 3. The fourth-order valence-corrected chi connectivity index (χ4v) is 8.37. The maximum Gasteiger partial charge on any atom is 0.308 e. The van der Waals surface area contributed by atoms with Crippen LogP contribution in [-0.2, 0) is 29.3 Å². The number of nitrogens with zero attached hydrogens (tertiary/aromatic N) is 4. The summed E-state index contributed by atoms with van der Waals surface area (Å²) in [5.74, 6) is 2.58. The van der Waals surface area contributed by atoms with Crippen LogP contribution in [0.1, 0.15) is 107 Å². The number of carbonyl (C=O) groups is 3. The molecule has 0 radical (unpaired) electrons. The number of rotatable bonds is 9. The second-order valence-electron chi connectivity index (χ2n) is 15.2. The highest BCUT2D eigenvalue weighted by Gasteiger charge is 2.50. The lowest BCUT2D eigenvalue weighted by Gasteiger charge is -2.49. The van der Waals surface area contributed by atoms with Gasteiger partial charge in [0, 0.05) is 30.2 Å². The van der Waals surface area contributed by atoms with E-state index in [0.29, 0.717) is 34.0 Å². The summed E-state index contributed by atoms with van der Waals surface area (Å²) >= 11 is 0. The standard InChI is InChI=1S/C38H47N5O7/c1-8-38(20-48-30(46)19-36(6,7)31-23(3)14-22(2)15-27(31)49-25(5)44)28(45)16-29(50-38)43-21-39-32-33(40-24(4)41-34(32)43)42-35(47)26-17-37(18-26)12-10-9-11-13-37/h1,14-15,21,26,28-29,45H,9-13,16-20H2,2-7H3,(H,40,41,42,47)/t28-,29+,38+/m0/s1. The third kappa shape index (κ3) is 6.86. The molecule has 12 heteroatoms. The molecule has 1 aromatic carbocycles. The molecule has 2 N–H and O–H groups in total. The number of imidazole rings is 1. The summed E-state index contributed by atoms with van der Waals surface area (Å²) in [6.07, 6.45) is 13.5. The first-order valence-corrected chi connectivity index (χ1v) is 17.5. The van der Waals surface area contributed by atoms with Crippen molar-refractivity contribution < 1.29 is 33.7 Å². The number of esters is 2. The van der Waals surface area contributed by atoms with Crippen LogP contribution in [0.4, 0.5) is 5.82 Å². The van der Waals surface area contributed by atoms with Crippen LogP contribution in [0.15, 0.2) is 18.5 Å². The molecule has 0 unspecified atom stereocenters. The number of nitrogens with one attached hydrogen (secondary N) is 1. The van der Waals surface area contributed by atoms with Crippen LogP contribution < -0.4 is 10.1 Å². The van der Waals surface area contributed by atoms with E-state index >= 15 is 0 Å². The number of hydrogen-bond acceptors (Lipinski definition) is 10. The Bertz CT molecular complexity index is 1860. The van der Waals surface area contributed by atoms with E-state index in [1.807, 2.05) is 33.8 Å². The molecule has 266 valence electrons. The topological polar surface area (TPSA) is 155 Å². The number of anilines is 1. The first-order valence-electron chi connectivity index (χ1n) is 17.5. The Labute approximate surface area is 292 Å². The van der Waals surface area contributed by atoms with E-state index in [2.05, 4.69) is 26.2 Å². The lowest BCUT2D eigenvalue weighted by molar-refractivity contribution is -0.157. The maximum atomic E-state index is 13.3. The van der Waals surface area contributed by atoms with Crippen LogP contribution in [-0.4, -0.2) is 60.8 Å². The van der Waals surface area contributed by atoms with Gasteiger partial charge in [0.2, 0.25) is 5.91 Å². The van der Waals surface area contributed by atoms with Gasteiger partial charge in [0.25, 0.3) is 0 Å². The summed E-state index contributed by atoms with van der Waals surface area (Å²) in [5, 5.41) is 14.2. The van der Waals surface area contributed by atoms with E-state index in [4.69, 9.17) is 20.6 Å². The zero-order valence-corrected chi connectivity index (χ0v) is 29.8. The molecule has 3 fully saturated rings. The number of aliphatic hydroxyl groups is 1. The van der Waals surface area contributed by atoms with Crippen molar-refractivity contribution in [2.75, 3.05) is 11.9 Å². The number of aryl methyl sites for hydroxylation is 3. The number of hydrogen-bond donors (Lipinski definition) is 2. The monoisotopic (exact) mass is 685 g/mol. The van der Waals surface area contributed by atoms with Gasteiger partial charge in [0.1, 0.15) is 30.5 Å². The molecule has 3 aromatic rings. The van der Waals surface area contributed by atoms with Crippen LogP contribution in [0.5, 0.6) is 5.75 Å². The van der Waals surface area contributed by atoms with Crippen molar-refractivity contribution in [3.8, 4) is 18.1 Å². The van der Waals surface area contributed by atoms with Gasteiger partial charge in [-0.1, -0.05) is 45.1 Å². The van der Waals surface area contributed by atoms with E-state index in [1.54, 1.807) is 17.6 Å². The van der Waals surface area contributed by atoms with Crippen molar-refractivity contribution >= 4 is 34.8 Å². The minimum Gasteiger partial charge on any atom is -0.461 e. The van der Waals surface area contributed by atoms with Gasteiger partial charge >= 0.3 is 11.9 Å². The molecule has 12 nitrogen and oxygen atoms in total. The average Bonchev–Trinajstić information content (AvgIpc) is 3.59. The molecule has 3 aliphatic rings. The quantitative estimate of drug-likeness (QED) is 0.167. The third-order valence-electron chi connectivity index (χ3n) is 10.7. The van der Waals surface area contributed by atoms with Gasteiger partial charge in [0.15, 0.2) is 22.6 Å². The van der Waals surface area contributed by atoms with Gasteiger partial charge in [-0.25, -0.2) is 15.0 Å². The smallest absolute Gasteiger partial charge is 0.308 e. The average molecular weight is 686 g/mol. The molecule has 2 saturated carbocycles. The number of fused-ring (bicyclic) bond motifs is 1. The predicted molar refractivity (Wildman–Crippen MR) is 185 cm³/mol. The number of aromatic nitrogens is 4. The Hall–Kier alpha value is -4.34. The summed E-state index contributed by atoms with van der Waals surface area (Å²) in [4.78, 5) is 51.9. The van der Waals surface area contributed by atoms with Crippen molar-refractivity contribution in [1.82, 2.24) is 19.5 Å². The molecule has 2 aliphatic carbocycles. The highest BCUT2D eigenvalue weighted by Crippen LogP contribution is 2.55. The molecule has 1 aliphatic heterocycles. The molecule has 1 spiro atoms. The Morgan fingerprint density at radius 3 is 2.54 bits per heavy atom. The zero-order valence-electron chi connectivity index (χ0n) is 29.8. The van der Waals surface area contributed by atoms with Crippen molar-refractivity contribution in [2.24, 2.45) is 11.3 Å². The summed E-state index contributed by atoms with van der Waals surface area (Å²) in [7, 11) is 0. The number of carbonyl (C=O) groups excluding carboxylic acids is 3. The van der Waals surface area contributed by atoms with E-state index in [9.17, 15) is 19.5 Å². The number of aliphatic hydroxyl groups excluding tert-OH is 1. The molecule has 50 heavy (non-hydrogen) atoms. The van der Waals surface area contributed by atoms with Crippen LogP contribution >= 0.6 is 0 Å². The zero-order chi connectivity index (χ0) is 36.0. The Balaban J connectivity index is 1.14. The summed E-state index contributed by atoms with van der Waals surface area (Å²) in [6.45, 7) is 10.2. The second-order valence-corrected chi connectivity index (χ2v) is 15.2. The molecular formula is C38H47N5O7. The normalized spacial score (nSPS) is 23.3. The first kappa shape index (κ1) is 35.5.